The normalized spacial score (nSPS) is 12.3. The lowest BCUT2D eigenvalue weighted by Crippen LogP contribution is -2.30. The van der Waals surface area contributed by atoms with E-state index < -0.39 is 16.0 Å². The van der Waals surface area contributed by atoms with E-state index in [1.807, 2.05) is 13.8 Å². The van der Waals surface area contributed by atoms with Crippen molar-refractivity contribution in [1.82, 2.24) is 4.31 Å². The van der Waals surface area contributed by atoms with Crippen molar-refractivity contribution in [3.05, 3.63) is 17.0 Å². The molecule has 108 valence electrons. The van der Waals surface area contributed by atoms with Crippen molar-refractivity contribution in [2.45, 2.75) is 24.2 Å². The van der Waals surface area contributed by atoms with Gasteiger partial charge in [-0.1, -0.05) is 0 Å². The van der Waals surface area contributed by atoms with Gasteiger partial charge < -0.3 is 9.84 Å². The molecule has 1 N–H and O–H groups in total. The van der Waals surface area contributed by atoms with E-state index in [0.29, 0.717) is 6.61 Å². The van der Waals surface area contributed by atoms with Gasteiger partial charge in [-0.3, -0.25) is 0 Å². The molecule has 0 aliphatic heterocycles. The van der Waals surface area contributed by atoms with Crippen LogP contribution in [0.1, 0.15) is 23.5 Å². The van der Waals surface area contributed by atoms with Gasteiger partial charge in [0.1, 0.15) is 9.09 Å². The van der Waals surface area contributed by atoms with Gasteiger partial charge in [-0.25, -0.2) is 13.2 Å². The molecule has 0 radical (unpaired) electrons. The number of likely N-dealkylation sites (N-methyl/N-ethyl adjacent to an activating group) is 1. The largest absolute Gasteiger partial charge is 0.477 e. The zero-order valence-electron chi connectivity index (χ0n) is 11.0. The molecule has 0 aliphatic carbocycles. The van der Waals surface area contributed by atoms with Crippen LogP contribution in [-0.2, 0) is 14.8 Å². The molecule has 1 aromatic heterocycles. The van der Waals surface area contributed by atoms with Gasteiger partial charge in [0.05, 0.1) is 12.7 Å². The van der Waals surface area contributed by atoms with Crippen molar-refractivity contribution in [1.29, 1.82) is 0 Å². The molecule has 0 fully saturated rings. The summed E-state index contributed by atoms with van der Waals surface area (Å²) in [6.45, 7) is 4.26. The molecule has 19 heavy (non-hydrogen) atoms. The lowest BCUT2D eigenvalue weighted by molar-refractivity contribution is 0.0701. The standard InChI is InChI=1S/C11H17NO5S2/c1-8(2)17-7-6-12(3)19(15,16)10-5-4-9(18-10)11(13)14/h4-5,8H,6-7H2,1-3H3,(H,13,14). The first-order valence-electron chi connectivity index (χ1n) is 5.66. The van der Waals surface area contributed by atoms with Gasteiger partial charge in [0.15, 0.2) is 0 Å². The third-order valence-corrected chi connectivity index (χ3v) is 5.71. The van der Waals surface area contributed by atoms with Crippen LogP contribution in [0.4, 0.5) is 0 Å². The average molecular weight is 307 g/mol. The molecule has 0 aromatic carbocycles. The van der Waals surface area contributed by atoms with E-state index in [-0.39, 0.29) is 21.7 Å². The topological polar surface area (TPSA) is 83.9 Å². The van der Waals surface area contributed by atoms with Crippen LogP contribution < -0.4 is 0 Å². The SMILES string of the molecule is CC(C)OCCN(C)S(=O)(=O)c1ccc(C(=O)O)s1. The molecule has 1 heterocycles. The van der Waals surface area contributed by atoms with E-state index in [1.54, 1.807) is 0 Å². The summed E-state index contributed by atoms with van der Waals surface area (Å²) in [5.41, 5.74) is 0. The second kappa shape index (κ2) is 6.47. The Hall–Kier alpha value is -0.960. The highest BCUT2D eigenvalue weighted by atomic mass is 32.2. The Labute approximate surface area is 116 Å². The highest BCUT2D eigenvalue weighted by Gasteiger charge is 2.23. The molecule has 0 saturated carbocycles. The lowest BCUT2D eigenvalue weighted by atomic mass is 10.5. The molecule has 1 rings (SSSR count). The number of sulfonamides is 1. The zero-order valence-corrected chi connectivity index (χ0v) is 12.6. The van der Waals surface area contributed by atoms with E-state index in [2.05, 4.69) is 0 Å². The van der Waals surface area contributed by atoms with E-state index in [0.717, 1.165) is 15.6 Å². The maximum absolute atomic E-state index is 12.1. The second-order valence-corrected chi connectivity index (χ2v) is 7.53. The Balaban J connectivity index is 2.75. The summed E-state index contributed by atoms with van der Waals surface area (Å²) < 4.78 is 30.7. The number of aromatic carboxylic acids is 1. The molecule has 1 aromatic rings. The van der Waals surface area contributed by atoms with Crippen molar-refractivity contribution in [2.75, 3.05) is 20.2 Å². The van der Waals surface area contributed by atoms with Crippen LogP contribution >= 0.6 is 11.3 Å². The summed E-state index contributed by atoms with van der Waals surface area (Å²) in [5, 5.41) is 8.79. The van der Waals surface area contributed by atoms with Crippen LogP contribution in [-0.4, -0.2) is 50.1 Å². The van der Waals surface area contributed by atoms with Crippen LogP contribution in [0.2, 0.25) is 0 Å². The highest BCUT2D eigenvalue weighted by molar-refractivity contribution is 7.91. The second-order valence-electron chi connectivity index (χ2n) is 4.17. The number of ether oxygens (including phenoxy) is 1. The van der Waals surface area contributed by atoms with Crippen molar-refractivity contribution < 1.29 is 23.1 Å². The molecule has 0 unspecified atom stereocenters. The van der Waals surface area contributed by atoms with Crippen LogP contribution in [0.3, 0.4) is 0 Å². The van der Waals surface area contributed by atoms with Gasteiger partial charge >= 0.3 is 5.97 Å². The molecule has 0 aliphatic rings. The van der Waals surface area contributed by atoms with Crippen LogP contribution in [0.25, 0.3) is 0 Å². The molecule has 0 saturated heterocycles. The van der Waals surface area contributed by atoms with E-state index in [9.17, 15) is 13.2 Å². The minimum atomic E-state index is -3.64. The molecule has 6 nitrogen and oxygen atoms in total. The summed E-state index contributed by atoms with van der Waals surface area (Å²) in [6, 6.07) is 2.60. The van der Waals surface area contributed by atoms with Crippen LogP contribution in [0.15, 0.2) is 16.3 Å². The van der Waals surface area contributed by atoms with Gasteiger partial charge in [-0.15, -0.1) is 11.3 Å². The van der Waals surface area contributed by atoms with Crippen LogP contribution in [0, 0.1) is 0 Å². The van der Waals surface area contributed by atoms with Gasteiger partial charge in [0.2, 0.25) is 0 Å². The molecular weight excluding hydrogens is 290 g/mol. The quantitative estimate of drug-likeness (QED) is 0.825. The maximum atomic E-state index is 12.1. The van der Waals surface area contributed by atoms with Gasteiger partial charge in [0, 0.05) is 13.6 Å². The molecular formula is C11H17NO5S2. The molecule has 0 amide bonds. The number of hydrogen-bond donors (Lipinski definition) is 1. The monoisotopic (exact) mass is 307 g/mol. The summed E-state index contributed by atoms with van der Waals surface area (Å²) in [6.07, 6.45) is 0.0384. The van der Waals surface area contributed by atoms with E-state index in [1.165, 1.54) is 19.2 Å². The Bertz CT molecular complexity index is 535. The number of carbonyl (C=O) groups is 1. The maximum Gasteiger partial charge on any atom is 0.345 e. The lowest BCUT2D eigenvalue weighted by Gasteiger charge is -2.16. The number of nitrogens with zero attached hydrogens (tertiary/aromatic N) is 1. The van der Waals surface area contributed by atoms with Crippen molar-refractivity contribution in [2.24, 2.45) is 0 Å². The minimum absolute atomic E-state index is 0.00501. The molecule has 0 atom stereocenters. The van der Waals surface area contributed by atoms with E-state index in [4.69, 9.17) is 9.84 Å². The number of thiophene rings is 1. The van der Waals surface area contributed by atoms with Gasteiger partial charge in [-0.2, -0.15) is 4.31 Å². The fourth-order valence-electron chi connectivity index (χ4n) is 1.26. The third-order valence-electron chi connectivity index (χ3n) is 2.31. The minimum Gasteiger partial charge on any atom is -0.477 e. The smallest absolute Gasteiger partial charge is 0.345 e. The number of hydrogen-bond acceptors (Lipinski definition) is 5. The van der Waals surface area contributed by atoms with Gasteiger partial charge in [-0.05, 0) is 26.0 Å². The summed E-state index contributed by atoms with van der Waals surface area (Å²) in [7, 11) is -2.20. The Morgan fingerprint density at radius 2 is 2.11 bits per heavy atom. The van der Waals surface area contributed by atoms with Crippen molar-refractivity contribution >= 4 is 27.3 Å². The highest BCUT2D eigenvalue weighted by Crippen LogP contribution is 2.24. The predicted molar refractivity (Wildman–Crippen MR) is 72.2 cm³/mol. The first-order chi connectivity index (χ1) is 8.75. The van der Waals surface area contributed by atoms with Crippen molar-refractivity contribution in [3.63, 3.8) is 0 Å². The zero-order chi connectivity index (χ0) is 14.6. The summed E-state index contributed by atoms with van der Waals surface area (Å²) in [4.78, 5) is 10.7. The fourth-order valence-corrected chi connectivity index (χ4v) is 3.78. The number of carboxylic acid groups (broad SMARTS) is 1. The van der Waals surface area contributed by atoms with Crippen molar-refractivity contribution in [3.8, 4) is 0 Å². The Kier molecular flexibility index (Phi) is 5.48. The average Bonchev–Trinajstić information content (AvgIpc) is 2.78. The van der Waals surface area contributed by atoms with E-state index >= 15 is 0 Å². The first-order valence-corrected chi connectivity index (χ1v) is 7.92. The molecule has 0 bridgehead atoms. The fraction of sp³-hybridized carbons (Fsp3) is 0.545. The summed E-state index contributed by atoms with van der Waals surface area (Å²) in [5.74, 6) is -1.13. The van der Waals surface area contributed by atoms with Gasteiger partial charge in [0.25, 0.3) is 10.0 Å². The Morgan fingerprint density at radius 3 is 2.58 bits per heavy atom. The number of carboxylic acids is 1. The summed E-state index contributed by atoms with van der Waals surface area (Å²) >= 11 is 0.746. The number of rotatable bonds is 7. The first kappa shape index (κ1) is 16.1. The Morgan fingerprint density at radius 1 is 1.47 bits per heavy atom. The van der Waals surface area contributed by atoms with Crippen LogP contribution in [0.5, 0.6) is 0 Å². The molecule has 8 heteroatoms. The third kappa shape index (κ3) is 4.27. The predicted octanol–water partition coefficient (Wildman–Crippen LogP) is 1.49. The molecule has 0 spiro atoms.